The molecule has 0 aromatic heterocycles. The highest BCUT2D eigenvalue weighted by Gasteiger charge is 2.20. The third kappa shape index (κ3) is 4.53. The summed E-state index contributed by atoms with van der Waals surface area (Å²) in [6.07, 6.45) is 4.07. The lowest BCUT2D eigenvalue weighted by molar-refractivity contribution is -0.116. The predicted molar refractivity (Wildman–Crippen MR) is 83.6 cm³/mol. The van der Waals surface area contributed by atoms with Gasteiger partial charge in [-0.1, -0.05) is 19.4 Å². The van der Waals surface area contributed by atoms with Gasteiger partial charge >= 0.3 is 0 Å². The van der Waals surface area contributed by atoms with Gasteiger partial charge in [-0.05, 0) is 50.0 Å². The average molecular weight is 275 g/mol. The Morgan fingerprint density at radius 2 is 2.35 bits per heavy atom. The van der Waals surface area contributed by atoms with E-state index in [1.807, 2.05) is 18.2 Å². The number of nitrogens with two attached hydrogens (primary N) is 1. The quantitative estimate of drug-likeness (QED) is 0.785. The fraction of sp³-hybridized carbons (Fsp3) is 0.562. The molecule has 1 fully saturated rings. The van der Waals surface area contributed by atoms with Crippen LogP contribution in [0.3, 0.4) is 0 Å². The van der Waals surface area contributed by atoms with E-state index >= 15 is 0 Å². The fourth-order valence-corrected chi connectivity index (χ4v) is 2.75. The van der Waals surface area contributed by atoms with E-state index in [1.54, 1.807) is 6.07 Å². The van der Waals surface area contributed by atoms with E-state index in [0.29, 0.717) is 12.1 Å². The predicted octanol–water partition coefficient (Wildman–Crippen LogP) is 2.72. The number of likely N-dealkylation sites (tertiary alicyclic amines) is 1. The maximum Gasteiger partial charge on any atom is 0.224 e. The van der Waals surface area contributed by atoms with E-state index in [4.69, 9.17) is 5.73 Å². The zero-order valence-electron chi connectivity index (χ0n) is 12.3. The molecule has 0 spiro atoms. The Bertz CT molecular complexity index is 447. The second-order valence-electron chi connectivity index (χ2n) is 5.64. The molecule has 1 aliphatic rings. The minimum atomic E-state index is 0.0711. The third-order valence-corrected chi connectivity index (χ3v) is 4.00. The summed E-state index contributed by atoms with van der Waals surface area (Å²) in [7, 11) is 0. The molecule has 1 aliphatic heterocycles. The van der Waals surface area contributed by atoms with Crippen LogP contribution in [0.2, 0.25) is 0 Å². The highest BCUT2D eigenvalue weighted by atomic mass is 16.1. The number of rotatable bonds is 6. The van der Waals surface area contributed by atoms with Crippen molar-refractivity contribution < 1.29 is 4.79 Å². The second kappa shape index (κ2) is 7.29. The number of carbonyl (C=O) groups excluding carboxylic acids is 1. The summed E-state index contributed by atoms with van der Waals surface area (Å²) in [5.74, 6) is 0.929. The summed E-state index contributed by atoms with van der Waals surface area (Å²) < 4.78 is 0. The topological polar surface area (TPSA) is 58.4 Å². The van der Waals surface area contributed by atoms with E-state index in [0.717, 1.165) is 24.6 Å². The van der Waals surface area contributed by atoms with Crippen LogP contribution in [0.25, 0.3) is 0 Å². The van der Waals surface area contributed by atoms with Crippen LogP contribution in [0.4, 0.5) is 11.4 Å². The number of anilines is 2. The number of benzene rings is 1. The van der Waals surface area contributed by atoms with Gasteiger partial charge in [0.2, 0.25) is 5.91 Å². The van der Waals surface area contributed by atoms with Gasteiger partial charge < -0.3 is 16.0 Å². The van der Waals surface area contributed by atoms with Crippen molar-refractivity contribution in [2.24, 2.45) is 5.92 Å². The van der Waals surface area contributed by atoms with Gasteiger partial charge in [-0.25, -0.2) is 0 Å². The van der Waals surface area contributed by atoms with Gasteiger partial charge in [-0.3, -0.25) is 4.79 Å². The first-order valence-corrected chi connectivity index (χ1v) is 7.55. The van der Waals surface area contributed by atoms with Gasteiger partial charge in [0, 0.05) is 24.3 Å². The van der Waals surface area contributed by atoms with Crippen molar-refractivity contribution in [1.29, 1.82) is 0 Å². The highest BCUT2D eigenvalue weighted by Crippen LogP contribution is 2.19. The number of carbonyl (C=O) groups is 1. The summed E-state index contributed by atoms with van der Waals surface area (Å²) in [5.41, 5.74) is 7.14. The zero-order chi connectivity index (χ0) is 14.4. The van der Waals surface area contributed by atoms with Crippen molar-refractivity contribution in [1.82, 2.24) is 4.90 Å². The Hall–Kier alpha value is -1.55. The highest BCUT2D eigenvalue weighted by molar-refractivity contribution is 5.91. The molecule has 3 N–H and O–H groups in total. The summed E-state index contributed by atoms with van der Waals surface area (Å²) >= 11 is 0. The molecule has 1 unspecified atom stereocenters. The van der Waals surface area contributed by atoms with Gasteiger partial charge in [-0.15, -0.1) is 0 Å². The molecule has 110 valence electrons. The minimum absolute atomic E-state index is 0.0711. The Labute approximate surface area is 121 Å². The normalized spacial score (nSPS) is 19.1. The maximum absolute atomic E-state index is 11.8. The van der Waals surface area contributed by atoms with E-state index in [2.05, 4.69) is 17.1 Å². The number of amides is 1. The van der Waals surface area contributed by atoms with Crippen LogP contribution < -0.4 is 11.1 Å². The van der Waals surface area contributed by atoms with Gasteiger partial charge in [0.1, 0.15) is 0 Å². The van der Waals surface area contributed by atoms with Crippen LogP contribution in [0.15, 0.2) is 24.3 Å². The summed E-state index contributed by atoms with van der Waals surface area (Å²) in [6.45, 7) is 5.68. The number of hydrogen-bond acceptors (Lipinski definition) is 3. The van der Waals surface area contributed by atoms with Crippen LogP contribution in [-0.4, -0.2) is 30.4 Å². The number of nitrogens with zero attached hydrogens (tertiary/aromatic N) is 1. The molecule has 1 aromatic carbocycles. The van der Waals surface area contributed by atoms with Crippen molar-refractivity contribution in [3.05, 3.63) is 24.3 Å². The molecule has 4 heteroatoms. The molecule has 0 saturated carbocycles. The first kappa shape index (κ1) is 14.9. The van der Waals surface area contributed by atoms with Gasteiger partial charge in [0.15, 0.2) is 0 Å². The van der Waals surface area contributed by atoms with Gasteiger partial charge in [-0.2, -0.15) is 0 Å². The molecule has 1 aromatic rings. The van der Waals surface area contributed by atoms with Crippen molar-refractivity contribution in [2.45, 2.75) is 32.6 Å². The lowest BCUT2D eigenvalue weighted by Gasteiger charge is -2.15. The SMILES string of the molecule is CCC1CCN(CCCC(=O)Nc2cccc(N)c2)C1. The van der Waals surface area contributed by atoms with Crippen LogP contribution in [0, 0.1) is 5.92 Å². The monoisotopic (exact) mass is 275 g/mol. The number of hydrogen-bond donors (Lipinski definition) is 2. The van der Waals surface area contributed by atoms with E-state index in [-0.39, 0.29) is 5.91 Å². The lowest BCUT2D eigenvalue weighted by atomic mass is 10.1. The molecular weight excluding hydrogens is 250 g/mol. The molecule has 1 saturated heterocycles. The molecule has 0 radical (unpaired) electrons. The van der Waals surface area contributed by atoms with E-state index < -0.39 is 0 Å². The third-order valence-electron chi connectivity index (χ3n) is 4.00. The standard InChI is InChI=1S/C16H25N3O/c1-2-13-8-10-19(12-13)9-4-7-16(20)18-15-6-3-5-14(17)11-15/h3,5-6,11,13H,2,4,7-10,12,17H2,1H3,(H,18,20). The smallest absolute Gasteiger partial charge is 0.224 e. The number of nitrogens with one attached hydrogen (secondary N) is 1. The second-order valence-corrected chi connectivity index (χ2v) is 5.64. The Morgan fingerprint density at radius 1 is 1.50 bits per heavy atom. The van der Waals surface area contributed by atoms with Crippen LogP contribution in [0.1, 0.15) is 32.6 Å². The van der Waals surface area contributed by atoms with Crippen LogP contribution in [0.5, 0.6) is 0 Å². The molecule has 2 rings (SSSR count). The van der Waals surface area contributed by atoms with Gasteiger partial charge in [0.05, 0.1) is 0 Å². The average Bonchev–Trinajstić information content (AvgIpc) is 2.86. The first-order chi connectivity index (χ1) is 9.67. The summed E-state index contributed by atoms with van der Waals surface area (Å²) in [6, 6.07) is 7.30. The van der Waals surface area contributed by atoms with Crippen LogP contribution >= 0.6 is 0 Å². The largest absolute Gasteiger partial charge is 0.399 e. The molecule has 1 amide bonds. The molecule has 0 aliphatic carbocycles. The Balaban J connectivity index is 1.66. The minimum Gasteiger partial charge on any atom is -0.399 e. The molecular formula is C16H25N3O. The van der Waals surface area contributed by atoms with Crippen molar-refractivity contribution in [3.8, 4) is 0 Å². The molecule has 20 heavy (non-hydrogen) atoms. The molecule has 1 atom stereocenters. The zero-order valence-corrected chi connectivity index (χ0v) is 12.3. The van der Waals surface area contributed by atoms with Crippen molar-refractivity contribution in [3.63, 3.8) is 0 Å². The summed E-state index contributed by atoms with van der Waals surface area (Å²) in [4.78, 5) is 14.3. The fourth-order valence-electron chi connectivity index (χ4n) is 2.75. The maximum atomic E-state index is 11.8. The Kier molecular flexibility index (Phi) is 5.41. The Morgan fingerprint density at radius 3 is 3.05 bits per heavy atom. The molecule has 1 heterocycles. The first-order valence-electron chi connectivity index (χ1n) is 7.55. The van der Waals surface area contributed by atoms with E-state index in [1.165, 1.54) is 25.9 Å². The lowest BCUT2D eigenvalue weighted by Crippen LogP contribution is -2.23. The van der Waals surface area contributed by atoms with Gasteiger partial charge in [0.25, 0.3) is 0 Å². The van der Waals surface area contributed by atoms with Crippen molar-refractivity contribution in [2.75, 3.05) is 30.7 Å². The molecule has 0 bridgehead atoms. The number of nitrogen functional groups attached to an aromatic ring is 1. The van der Waals surface area contributed by atoms with Crippen LogP contribution in [-0.2, 0) is 4.79 Å². The summed E-state index contributed by atoms with van der Waals surface area (Å²) in [5, 5.41) is 2.89. The van der Waals surface area contributed by atoms with E-state index in [9.17, 15) is 4.79 Å². The molecule has 4 nitrogen and oxygen atoms in total. The van der Waals surface area contributed by atoms with Crippen molar-refractivity contribution >= 4 is 17.3 Å².